The summed E-state index contributed by atoms with van der Waals surface area (Å²) >= 11 is 0. The summed E-state index contributed by atoms with van der Waals surface area (Å²) < 4.78 is 14.7. The zero-order valence-electron chi connectivity index (χ0n) is 19.5. The predicted molar refractivity (Wildman–Crippen MR) is 124 cm³/mol. The van der Waals surface area contributed by atoms with Gasteiger partial charge in [0.1, 0.15) is 11.5 Å². The third-order valence-corrected chi connectivity index (χ3v) is 7.41. The minimum Gasteiger partial charge on any atom is -0.335 e. The lowest BCUT2D eigenvalue weighted by Gasteiger charge is -2.41. The Morgan fingerprint density at radius 2 is 1.77 bits per heavy atom. The van der Waals surface area contributed by atoms with Crippen molar-refractivity contribution in [1.82, 2.24) is 30.6 Å². The number of hydrogen-bond donors (Lipinski definition) is 2. The molecule has 3 fully saturated rings. The number of nitrogens with one attached hydrogen (secondary N) is 2. The van der Waals surface area contributed by atoms with Crippen molar-refractivity contribution in [2.75, 3.05) is 26.2 Å². The molecule has 184 valence electrons. The number of halogens is 1. The van der Waals surface area contributed by atoms with E-state index in [1.54, 1.807) is 21.9 Å². The Hall–Kier alpha value is -3.40. The number of amides is 3. The van der Waals surface area contributed by atoms with Crippen LogP contribution in [0.4, 0.5) is 4.39 Å². The molecule has 3 aliphatic rings. The van der Waals surface area contributed by atoms with Crippen LogP contribution >= 0.6 is 0 Å². The highest BCUT2D eigenvalue weighted by atomic mass is 19.1. The molecular weight excluding hydrogens is 451 g/mol. The van der Waals surface area contributed by atoms with E-state index in [9.17, 15) is 18.8 Å². The van der Waals surface area contributed by atoms with E-state index in [0.717, 1.165) is 31.2 Å². The molecule has 1 aromatic carbocycles. The molecule has 1 aromatic heterocycles. The van der Waals surface area contributed by atoms with Crippen LogP contribution in [0.25, 0.3) is 0 Å². The Kier molecular flexibility index (Phi) is 6.72. The number of rotatable bonds is 4. The van der Waals surface area contributed by atoms with Crippen LogP contribution in [0.5, 0.6) is 0 Å². The highest BCUT2D eigenvalue weighted by molar-refractivity contribution is 5.95. The van der Waals surface area contributed by atoms with Gasteiger partial charge in [0.2, 0.25) is 5.91 Å². The zero-order chi connectivity index (χ0) is 24.4. The fourth-order valence-corrected chi connectivity index (χ4v) is 5.50. The number of carbonyl (C=O) groups is 3. The largest absolute Gasteiger partial charge is 0.335 e. The second-order valence-electron chi connectivity index (χ2n) is 9.49. The molecule has 3 unspecified atom stereocenters. The van der Waals surface area contributed by atoms with E-state index in [0.29, 0.717) is 32.6 Å². The molecule has 5 rings (SSSR count). The van der Waals surface area contributed by atoms with Crippen LogP contribution in [0.1, 0.15) is 52.1 Å². The van der Waals surface area contributed by atoms with Gasteiger partial charge in [0, 0.05) is 50.5 Å². The highest BCUT2D eigenvalue weighted by Gasteiger charge is 2.40. The molecule has 1 saturated carbocycles. The SMILES string of the molecule is O=C1NNC(Cc2ccc(F)c(C(=O)N3CCN(C(=O)c4cnccn4)CC3)c2)C2CCCCC12. The van der Waals surface area contributed by atoms with Gasteiger partial charge in [-0.05, 0) is 42.9 Å². The summed E-state index contributed by atoms with van der Waals surface area (Å²) in [6.07, 6.45) is 9.04. The lowest BCUT2D eigenvalue weighted by Crippen LogP contribution is -2.60. The third kappa shape index (κ3) is 4.88. The number of nitrogens with zero attached hydrogens (tertiary/aromatic N) is 4. The van der Waals surface area contributed by atoms with Crippen LogP contribution in [-0.4, -0.2) is 69.7 Å². The Balaban J connectivity index is 1.24. The normalized spacial score (nSPS) is 24.5. The first-order valence-corrected chi connectivity index (χ1v) is 12.2. The van der Waals surface area contributed by atoms with Gasteiger partial charge in [0.05, 0.1) is 11.8 Å². The third-order valence-electron chi connectivity index (χ3n) is 7.41. The van der Waals surface area contributed by atoms with E-state index in [4.69, 9.17) is 0 Å². The van der Waals surface area contributed by atoms with Gasteiger partial charge in [0.15, 0.2) is 0 Å². The maximum atomic E-state index is 14.7. The Morgan fingerprint density at radius 1 is 1.03 bits per heavy atom. The molecule has 0 spiro atoms. The lowest BCUT2D eigenvalue weighted by atomic mass is 9.72. The topological polar surface area (TPSA) is 108 Å². The number of aromatic nitrogens is 2. The smallest absolute Gasteiger partial charge is 0.274 e. The average molecular weight is 481 g/mol. The number of benzene rings is 1. The fourth-order valence-electron chi connectivity index (χ4n) is 5.50. The minimum absolute atomic E-state index is 0.0115. The second-order valence-corrected chi connectivity index (χ2v) is 9.49. The highest BCUT2D eigenvalue weighted by Crippen LogP contribution is 2.35. The number of fused-ring (bicyclic) bond motifs is 1. The van der Waals surface area contributed by atoms with Crippen LogP contribution in [0, 0.1) is 17.7 Å². The Bertz CT molecular complexity index is 1110. The summed E-state index contributed by atoms with van der Waals surface area (Å²) in [6, 6.07) is 4.72. The van der Waals surface area contributed by atoms with Gasteiger partial charge >= 0.3 is 0 Å². The molecule has 3 amide bonds. The van der Waals surface area contributed by atoms with Crippen molar-refractivity contribution < 1.29 is 18.8 Å². The summed E-state index contributed by atoms with van der Waals surface area (Å²) in [4.78, 5) is 49.2. The van der Waals surface area contributed by atoms with Crippen molar-refractivity contribution in [2.45, 2.75) is 38.1 Å². The molecule has 0 bridgehead atoms. The molecule has 10 heteroatoms. The van der Waals surface area contributed by atoms with Crippen molar-refractivity contribution in [3.8, 4) is 0 Å². The molecule has 3 atom stereocenters. The number of hydrazine groups is 1. The quantitative estimate of drug-likeness (QED) is 0.688. The van der Waals surface area contributed by atoms with Crippen molar-refractivity contribution in [3.05, 3.63) is 59.4 Å². The van der Waals surface area contributed by atoms with Crippen molar-refractivity contribution >= 4 is 17.7 Å². The minimum atomic E-state index is -0.558. The van der Waals surface area contributed by atoms with Crippen molar-refractivity contribution in [1.29, 1.82) is 0 Å². The van der Waals surface area contributed by atoms with E-state index in [1.807, 2.05) is 0 Å². The van der Waals surface area contributed by atoms with Crippen molar-refractivity contribution in [2.24, 2.45) is 11.8 Å². The van der Waals surface area contributed by atoms with Crippen LogP contribution in [0.3, 0.4) is 0 Å². The summed E-state index contributed by atoms with van der Waals surface area (Å²) in [5.74, 6) is -0.864. The monoisotopic (exact) mass is 480 g/mol. The van der Waals surface area contributed by atoms with Gasteiger partial charge in [-0.3, -0.25) is 24.8 Å². The van der Waals surface area contributed by atoms with Crippen LogP contribution in [-0.2, 0) is 11.2 Å². The number of piperazine rings is 1. The second kappa shape index (κ2) is 10.1. The maximum Gasteiger partial charge on any atom is 0.274 e. The number of carbonyl (C=O) groups excluding carboxylic acids is 3. The van der Waals surface area contributed by atoms with Crippen LogP contribution in [0.2, 0.25) is 0 Å². The molecule has 3 heterocycles. The van der Waals surface area contributed by atoms with E-state index in [1.165, 1.54) is 24.7 Å². The number of hydrogen-bond acceptors (Lipinski definition) is 6. The van der Waals surface area contributed by atoms with Gasteiger partial charge in [0.25, 0.3) is 11.8 Å². The van der Waals surface area contributed by atoms with Gasteiger partial charge < -0.3 is 9.80 Å². The molecule has 2 saturated heterocycles. The van der Waals surface area contributed by atoms with Gasteiger partial charge in [-0.25, -0.2) is 14.8 Å². The van der Waals surface area contributed by atoms with E-state index >= 15 is 0 Å². The molecule has 2 aliphatic heterocycles. The Labute approximate surface area is 203 Å². The predicted octanol–water partition coefficient (Wildman–Crippen LogP) is 1.57. The van der Waals surface area contributed by atoms with E-state index in [2.05, 4.69) is 20.8 Å². The molecule has 0 radical (unpaired) electrons. The maximum absolute atomic E-state index is 14.7. The first kappa shape index (κ1) is 23.3. The molecular formula is C25H29FN6O3. The van der Waals surface area contributed by atoms with Crippen molar-refractivity contribution in [3.63, 3.8) is 0 Å². The standard InChI is InChI=1S/C25H29FN6O3/c26-20-6-5-16(14-21-17-3-1-2-4-18(17)23(33)30-29-21)13-19(20)24(34)31-9-11-32(12-10-31)25(35)22-15-27-7-8-28-22/h5-8,13,15,17-18,21,29H,1-4,9-12,14H2,(H,30,33). The molecule has 1 aliphatic carbocycles. The average Bonchev–Trinajstić information content (AvgIpc) is 2.91. The van der Waals surface area contributed by atoms with Crippen LogP contribution in [0.15, 0.2) is 36.8 Å². The lowest BCUT2D eigenvalue weighted by molar-refractivity contribution is -0.133. The molecule has 2 aromatic rings. The summed E-state index contributed by atoms with van der Waals surface area (Å²) in [6.45, 7) is 1.32. The first-order chi connectivity index (χ1) is 17.0. The Morgan fingerprint density at radius 3 is 2.51 bits per heavy atom. The summed E-state index contributed by atoms with van der Waals surface area (Å²) in [7, 11) is 0. The fraction of sp³-hybridized carbons (Fsp3) is 0.480. The molecule has 9 nitrogen and oxygen atoms in total. The van der Waals surface area contributed by atoms with Gasteiger partial charge in [-0.2, -0.15) is 0 Å². The van der Waals surface area contributed by atoms with E-state index < -0.39 is 5.82 Å². The summed E-state index contributed by atoms with van der Waals surface area (Å²) in [5, 5.41) is 0. The summed E-state index contributed by atoms with van der Waals surface area (Å²) in [5.41, 5.74) is 7.09. The first-order valence-electron chi connectivity index (χ1n) is 12.2. The zero-order valence-corrected chi connectivity index (χ0v) is 19.5. The van der Waals surface area contributed by atoms with Gasteiger partial charge in [-0.15, -0.1) is 0 Å². The van der Waals surface area contributed by atoms with Crippen LogP contribution < -0.4 is 10.9 Å². The molecule has 35 heavy (non-hydrogen) atoms. The molecule has 2 N–H and O–H groups in total. The van der Waals surface area contributed by atoms with Gasteiger partial charge in [-0.1, -0.05) is 18.9 Å². The van der Waals surface area contributed by atoms with E-state index in [-0.39, 0.29) is 46.9 Å².